The molecule has 0 aliphatic carbocycles. The summed E-state index contributed by atoms with van der Waals surface area (Å²) in [6, 6.07) is 0.425. The molecule has 0 atom stereocenters. The van der Waals surface area contributed by atoms with Gasteiger partial charge in [-0.2, -0.15) is 9.37 Å². The van der Waals surface area contributed by atoms with Gasteiger partial charge in [0.15, 0.2) is 11.6 Å². The minimum Gasteiger partial charge on any atom is -0.476 e. The van der Waals surface area contributed by atoms with Gasteiger partial charge in [0.2, 0.25) is 0 Å². The Labute approximate surface area is 92.5 Å². The van der Waals surface area contributed by atoms with Crippen molar-refractivity contribution >= 4 is 0 Å². The first-order chi connectivity index (χ1) is 7.29. The maximum atomic E-state index is 13.1. The molecular weight excluding hydrogens is 219 g/mol. The highest BCUT2D eigenvalue weighted by Gasteiger charge is 2.14. The Morgan fingerprint density at radius 3 is 2.38 bits per heavy atom. The van der Waals surface area contributed by atoms with E-state index in [-0.39, 0.29) is 12.0 Å². The first kappa shape index (κ1) is 12.8. The summed E-state index contributed by atoms with van der Waals surface area (Å²) >= 11 is 0. The lowest BCUT2D eigenvalue weighted by molar-refractivity contribution is 0.223. The Morgan fingerprint density at radius 2 is 1.81 bits per heavy atom. The molecule has 0 fully saturated rings. The summed E-state index contributed by atoms with van der Waals surface area (Å²) in [5.41, 5.74) is 0.0229. The van der Waals surface area contributed by atoms with Gasteiger partial charge in [-0.25, -0.2) is 8.78 Å². The lowest BCUT2D eigenvalue weighted by Crippen LogP contribution is -2.12. The quantitative estimate of drug-likeness (QED) is 0.747. The largest absolute Gasteiger partial charge is 0.476 e. The number of halogens is 3. The van der Waals surface area contributed by atoms with Crippen molar-refractivity contribution in [2.45, 2.75) is 27.2 Å². The third kappa shape index (κ3) is 3.72. The molecule has 0 bridgehead atoms. The molecule has 0 saturated carbocycles. The molecule has 0 aliphatic heterocycles. The molecule has 0 spiro atoms. The third-order valence-corrected chi connectivity index (χ3v) is 1.95. The van der Waals surface area contributed by atoms with Crippen LogP contribution in [0.2, 0.25) is 0 Å². The number of aromatic nitrogens is 1. The van der Waals surface area contributed by atoms with Gasteiger partial charge in [-0.05, 0) is 11.8 Å². The summed E-state index contributed by atoms with van der Waals surface area (Å²) in [6.45, 7) is 6.18. The fourth-order valence-electron chi connectivity index (χ4n) is 0.984. The second-order valence-corrected chi connectivity index (χ2v) is 4.71. The first-order valence-electron chi connectivity index (χ1n) is 4.94. The fraction of sp³-hybridized carbons (Fsp3) is 0.545. The number of pyridine rings is 1. The van der Waals surface area contributed by atoms with Crippen LogP contribution in [0, 0.1) is 23.0 Å². The standard InChI is InChI=1S/C11H14F3NO/c1-11(2,3)4-5-16-10-8(13)6-7(12)9(14)15-10/h6H,4-5H2,1-3H3. The summed E-state index contributed by atoms with van der Waals surface area (Å²) in [4.78, 5) is 3.05. The van der Waals surface area contributed by atoms with Crippen LogP contribution in [0.3, 0.4) is 0 Å². The second-order valence-electron chi connectivity index (χ2n) is 4.71. The Bertz CT molecular complexity index is 374. The van der Waals surface area contributed by atoms with E-state index in [0.717, 1.165) is 0 Å². The number of nitrogens with zero attached hydrogens (tertiary/aromatic N) is 1. The summed E-state index contributed by atoms with van der Waals surface area (Å²) in [5.74, 6) is -4.16. The minimum atomic E-state index is -1.35. The van der Waals surface area contributed by atoms with Crippen molar-refractivity contribution in [2.24, 2.45) is 5.41 Å². The Morgan fingerprint density at radius 1 is 1.19 bits per heavy atom. The van der Waals surface area contributed by atoms with Crippen LogP contribution in [-0.2, 0) is 0 Å². The lowest BCUT2D eigenvalue weighted by Gasteiger charge is -2.17. The van der Waals surface area contributed by atoms with Crippen LogP contribution in [0.4, 0.5) is 13.2 Å². The minimum absolute atomic E-state index is 0.0229. The lowest BCUT2D eigenvalue weighted by atomic mass is 9.93. The highest BCUT2D eigenvalue weighted by Crippen LogP contribution is 2.21. The van der Waals surface area contributed by atoms with Crippen molar-refractivity contribution in [1.82, 2.24) is 4.98 Å². The van der Waals surface area contributed by atoms with Crippen LogP contribution in [0.15, 0.2) is 6.07 Å². The Hall–Kier alpha value is -1.26. The van der Waals surface area contributed by atoms with E-state index in [9.17, 15) is 13.2 Å². The molecule has 0 aromatic carbocycles. The third-order valence-electron chi connectivity index (χ3n) is 1.95. The Kier molecular flexibility index (Phi) is 3.78. The van der Waals surface area contributed by atoms with E-state index in [1.807, 2.05) is 20.8 Å². The SMILES string of the molecule is CC(C)(C)CCOc1nc(F)c(F)cc1F. The molecule has 0 N–H and O–H groups in total. The number of rotatable bonds is 3. The zero-order chi connectivity index (χ0) is 12.3. The van der Waals surface area contributed by atoms with E-state index in [0.29, 0.717) is 12.5 Å². The van der Waals surface area contributed by atoms with E-state index in [1.165, 1.54) is 0 Å². The molecule has 1 rings (SSSR count). The normalized spacial score (nSPS) is 11.6. The predicted octanol–water partition coefficient (Wildman–Crippen LogP) is 3.31. The van der Waals surface area contributed by atoms with Crippen molar-refractivity contribution in [3.8, 4) is 5.88 Å². The molecule has 0 radical (unpaired) electrons. The molecule has 16 heavy (non-hydrogen) atoms. The van der Waals surface area contributed by atoms with Gasteiger partial charge in [-0.3, -0.25) is 0 Å². The molecule has 1 heterocycles. The van der Waals surface area contributed by atoms with Gasteiger partial charge < -0.3 is 4.74 Å². The Balaban J connectivity index is 2.64. The smallest absolute Gasteiger partial charge is 0.253 e. The van der Waals surface area contributed by atoms with E-state index in [2.05, 4.69) is 4.98 Å². The molecule has 1 aromatic heterocycles. The first-order valence-corrected chi connectivity index (χ1v) is 4.94. The van der Waals surface area contributed by atoms with E-state index >= 15 is 0 Å². The van der Waals surface area contributed by atoms with E-state index in [1.54, 1.807) is 0 Å². The van der Waals surface area contributed by atoms with Gasteiger partial charge >= 0.3 is 0 Å². The highest BCUT2D eigenvalue weighted by molar-refractivity contribution is 5.15. The summed E-state index contributed by atoms with van der Waals surface area (Å²) in [5, 5.41) is 0. The predicted molar refractivity (Wildman–Crippen MR) is 53.7 cm³/mol. The van der Waals surface area contributed by atoms with Crippen LogP contribution < -0.4 is 4.74 Å². The average molecular weight is 233 g/mol. The zero-order valence-electron chi connectivity index (χ0n) is 9.48. The molecule has 0 saturated heterocycles. The van der Waals surface area contributed by atoms with Gasteiger partial charge in [0, 0.05) is 6.07 Å². The molecular formula is C11H14F3NO. The molecule has 5 heteroatoms. The van der Waals surface area contributed by atoms with Gasteiger partial charge in [0.1, 0.15) is 0 Å². The molecule has 2 nitrogen and oxygen atoms in total. The highest BCUT2D eigenvalue weighted by atomic mass is 19.2. The zero-order valence-corrected chi connectivity index (χ0v) is 9.48. The molecule has 0 amide bonds. The maximum absolute atomic E-state index is 13.1. The molecule has 0 aliphatic rings. The van der Waals surface area contributed by atoms with Crippen LogP contribution >= 0.6 is 0 Å². The van der Waals surface area contributed by atoms with E-state index < -0.39 is 23.5 Å². The molecule has 1 aromatic rings. The summed E-state index contributed by atoms with van der Waals surface area (Å²) in [6.07, 6.45) is 0.660. The van der Waals surface area contributed by atoms with Crippen molar-refractivity contribution in [2.75, 3.05) is 6.61 Å². The fourth-order valence-corrected chi connectivity index (χ4v) is 0.984. The van der Waals surface area contributed by atoms with Gasteiger partial charge in [-0.1, -0.05) is 20.8 Å². The van der Waals surface area contributed by atoms with Gasteiger partial charge in [0.05, 0.1) is 6.61 Å². The van der Waals surface area contributed by atoms with Crippen LogP contribution in [0.5, 0.6) is 5.88 Å². The van der Waals surface area contributed by atoms with Crippen molar-refractivity contribution in [3.05, 3.63) is 23.6 Å². The van der Waals surface area contributed by atoms with E-state index in [4.69, 9.17) is 4.74 Å². The maximum Gasteiger partial charge on any atom is 0.253 e. The number of ether oxygens (including phenoxy) is 1. The monoisotopic (exact) mass is 233 g/mol. The van der Waals surface area contributed by atoms with Crippen molar-refractivity contribution < 1.29 is 17.9 Å². The van der Waals surface area contributed by atoms with Gasteiger partial charge in [-0.15, -0.1) is 0 Å². The topological polar surface area (TPSA) is 22.1 Å². The van der Waals surface area contributed by atoms with Crippen LogP contribution in [-0.4, -0.2) is 11.6 Å². The summed E-state index contributed by atoms with van der Waals surface area (Å²) < 4.78 is 43.2. The van der Waals surface area contributed by atoms with Crippen LogP contribution in [0.1, 0.15) is 27.2 Å². The number of hydrogen-bond donors (Lipinski definition) is 0. The molecule has 0 unspecified atom stereocenters. The second kappa shape index (κ2) is 4.72. The van der Waals surface area contributed by atoms with Crippen LogP contribution in [0.25, 0.3) is 0 Å². The number of hydrogen-bond acceptors (Lipinski definition) is 2. The average Bonchev–Trinajstić information content (AvgIpc) is 2.11. The van der Waals surface area contributed by atoms with Crippen molar-refractivity contribution in [3.63, 3.8) is 0 Å². The van der Waals surface area contributed by atoms with Crippen molar-refractivity contribution in [1.29, 1.82) is 0 Å². The molecule has 90 valence electrons. The summed E-state index contributed by atoms with van der Waals surface area (Å²) in [7, 11) is 0. The van der Waals surface area contributed by atoms with Gasteiger partial charge in [0.25, 0.3) is 11.8 Å².